The first-order valence-electron chi connectivity index (χ1n) is 6.01. The molecule has 0 unspecified atom stereocenters. The third-order valence-corrected chi connectivity index (χ3v) is 5.19. The zero-order valence-corrected chi connectivity index (χ0v) is 11.2. The standard InChI is InChI=1S/C12H13F2NO4S/c13-8-4-5-11(10(14)6-8)20(18,19)15(7-12(16)17)9-2-1-3-9/h4-6,9H,1-3,7H2,(H,16,17). The summed E-state index contributed by atoms with van der Waals surface area (Å²) in [5.74, 6) is -3.43. The molecule has 20 heavy (non-hydrogen) atoms. The van der Waals surface area contributed by atoms with Gasteiger partial charge in [0.1, 0.15) is 23.1 Å². The first kappa shape index (κ1) is 14.9. The Hall–Kier alpha value is -1.54. The molecule has 1 fully saturated rings. The second-order valence-corrected chi connectivity index (χ2v) is 6.46. The lowest BCUT2D eigenvalue weighted by Gasteiger charge is -2.35. The number of hydrogen-bond donors (Lipinski definition) is 1. The highest BCUT2D eigenvalue weighted by atomic mass is 32.2. The van der Waals surface area contributed by atoms with E-state index in [0.717, 1.165) is 22.9 Å². The monoisotopic (exact) mass is 305 g/mol. The van der Waals surface area contributed by atoms with E-state index in [-0.39, 0.29) is 0 Å². The maximum absolute atomic E-state index is 13.6. The number of sulfonamides is 1. The molecule has 0 heterocycles. The molecule has 1 aliphatic rings. The highest BCUT2D eigenvalue weighted by Gasteiger charge is 2.37. The largest absolute Gasteiger partial charge is 0.480 e. The lowest BCUT2D eigenvalue weighted by molar-refractivity contribution is -0.137. The summed E-state index contributed by atoms with van der Waals surface area (Å²) in [5.41, 5.74) is 0. The fourth-order valence-corrected chi connectivity index (χ4v) is 3.71. The molecule has 0 amide bonds. The molecule has 0 spiro atoms. The maximum atomic E-state index is 13.6. The Bertz CT molecular complexity index is 628. The summed E-state index contributed by atoms with van der Waals surface area (Å²) in [6, 6.07) is 1.66. The van der Waals surface area contributed by atoms with Crippen molar-refractivity contribution in [2.75, 3.05) is 6.54 Å². The summed E-state index contributed by atoms with van der Waals surface area (Å²) in [4.78, 5) is 10.1. The van der Waals surface area contributed by atoms with Crippen LogP contribution >= 0.6 is 0 Å². The van der Waals surface area contributed by atoms with Gasteiger partial charge < -0.3 is 5.11 Å². The number of carboxylic acids is 1. The van der Waals surface area contributed by atoms with Crippen molar-refractivity contribution < 1.29 is 27.1 Å². The highest BCUT2D eigenvalue weighted by Crippen LogP contribution is 2.30. The number of aliphatic carboxylic acids is 1. The number of hydrogen-bond acceptors (Lipinski definition) is 3. The Morgan fingerprint density at radius 1 is 1.35 bits per heavy atom. The highest BCUT2D eigenvalue weighted by molar-refractivity contribution is 7.89. The van der Waals surface area contributed by atoms with E-state index in [4.69, 9.17) is 5.11 Å². The molecule has 0 radical (unpaired) electrons. The molecule has 1 aliphatic carbocycles. The van der Waals surface area contributed by atoms with Crippen molar-refractivity contribution in [1.82, 2.24) is 4.31 Å². The molecule has 1 N–H and O–H groups in total. The Labute approximate surface area is 114 Å². The van der Waals surface area contributed by atoms with Crippen LogP contribution in [0.1, 0.15) is 19.3 Å². The lowest BCUT2D eigenvalue weighted by atomic mass is 9.93. The minimum Gasteiger partial charge on any atom is -0.480 e. The molecular formula is C12H13F2NO4S. The average molecular weight is 305 g/mol. The smallest absolute Gasteiger partial charge is 0.318 e. The van der Waals surface area contributed by atoms with Gasteiger partial charge in [0, 0.05) is 12.1 Å². The van der Waals surface area contributed by atoms with Gasteiger partial charge >= 0.3 is 5.97 Å². The van der Waals surface area contributed by atoms with Crippen molar-refractivity contribution in [1.29, 1.82) is 0 Å². The van der Waals surface area contributed by atoms with Crippen LogP contribution in [-0.4, -0.2) is 36.4 Å². The van der Waals surface area contributed by atoms with Crippen molar-refractivity contribution in [3.8, 4) is 0 Å². The van der Waals surface area contributed by atoms with Gasteiger partial charge in [-0.2, -0.15) is 4.31 Å². The van der Waals surface area contributed by atoms with Gasteiger partial charge in [0.15, 0.2) is 0 Å². The van der Waals surface area contributed by atoms with Crippen molar-refractivity contribution in [2.45, 2.75) is 30.2 Å². The van der Waals surface area contributed by atoms with Crippen LogP contribution < -0.4 is 0 Å². The number of nitrogens with zero attached hydrogens (tertiary/aromatic N) is 1. The van der Waals surface area contributed by atoms with Crippen LogP contribution in [0.15, 0.2) is 23.1 Å². The Kier molecular flexibility index (Phi) is 4.05. The van der Waals surface area contributed by atoms with Gasteiger partial charge in [0.05, 0.1) is 0 Å². The zero-order chi connectivity index (χ0) is 14.9. The molecule has 2 rings (SSSR count). The predicted molar refractivity (Wildman–Crippen MR) is 65.5 cm³/mol. The van der Waals surface area contributed by atoms with Gasteiger partial charge in [-0.3, -0.25) is 4.79 Å². The molecule has 5 nitrogen and oxygen atoms in total. The average Bonchev–Trinajstić information content (AvgIpc) is 2.24. The van der Waals surface area contributed by atoms with E-state index in [0.29, 0.717) is 18.9 Å². The fourth-order valence-electron chi connectivity index (χ4n) is 2.03. The fraction of sp³-hybridized carbons (Fsp3) is 0.417. The minimum absolute atomic E-state index is 0.444. The molecule has 0 aliphatic heterocycles. The first-order valence-corrected chi connectivity index (χ1v) is 7.45. The van der Waals surface area contributed by atoms with Crippen molar-refractivity contribution >= 4 is 16.0 Å². The molecule has 1 aromatic carbocycles. The summed E-state index contributed by atoms with van der Waals surface area (Å²) in [5, 5.41) is 8.82. The summed E-state index contributed by atoms with van der Waals surface area (Å²) in [6.07, 6.45) is 1.87. The summed E-state index contributed by atoms with van der Waals surface area (Å²) < 4.78 is 51.9. The SMILES string of the molecule is O=C(O)CN(C1CCC1)S(=O)(=O)c1ccc(F)cc1F. The van der Waals surface area contributed by atoms with E-state index >= 15 is 0 Å². The molecule has 1 saturated carbocycles. The van der Waals surface area contributed by atoms with Gasteiger partial charge in [-0.05, 0) is 25.0 Å². The third-order valence-electron chi connectivity index (χ3n) is 3.25. The van der Waals surface area contributed by atoms with Crippen LogP contribution in [0.5, 0.6) is 0 Å². The summed E-state index contributed by atoms with van der Waals surface area (Å²) in [7, 11) is -4.29. The Balaban J connectivity index is 2.41. The van der Waals surface area contributed by atoms with Crippen LogP contribution in [0.4, 0.5) is 8.78 Å². The molecule has 110 valence electrons. The van der Waals surface area contributed by atoms with E-state index in [9.17, 15) is 22.0 Å². The zero-order valence-electron chi connectivity index (χ0n) is 10.4. The van der Waals surface area contributed by atoms with Gasteiger partial charge in [0.2, 0.25) is 10.0 Å². The van der Waals surface area contributed by atoms with E-state index < -0.39 is 45.1 Å². The number of halogens is 2. The van der Waals surface area contributed by atoms with Crippen molar-refractivity contribution in [2.24, 2.45) is 0 Å². The minimum atomic E-state index is -4.29. The molecule has 0 aromatic heterocycles. The molecule has 8 heteroatoms. The van der Waals surface area contributed by atoms with E-state index in [2.05, 4.69) is 0 Å². The molecule has 1 aromatic rings. The van der Waals surface area contributed by atoms with Gasteiger partial charge in [-0.25, -0.2) is 17.2 Å². The maximum Gasteiger partial charge on any atom is 0.318 e. The van der Waals surface area contributed by atoms with Gasteiger partial charge in [-0.15, -0.1) is 0 Å². The number of carbonyl (C=O) groups is 1. The molecule has 0 bridgehead atoms. The van der Waals surface area contributed by atoms with Crippen LogP contribution in [0, 0.1) is 11.6 Å². The lowest BCUT2D eigenvalue weighted by Crippen LogP contribution is -2.46. The van der Waals surface area contributed by atoms with Crippen LogP contribution in [0.25, 0.3) is 0 Å². The second kappa shape index (κ2) is 5.45. The summed E-state index contributed by atoms with van der Waals surface area (Å²) in [6.45, 7) is -0.732. The normalized spacial score (nSPS) is 16.1. The number of rotatable bonds is 5. The van der Waals surface area contributed by atoms with Gasteiger partial charge in [0.25, 0.3) is 0 Å². The quantitative estimate of drug-likeness (QED) is 0.896. The molecule has 0 saturated heterocycles. The third kappa shape index (κ3) is 2.80. The summed E-state index contributed by atoms with van der Waals surface area (Å²) >= 11 is 0. The molecule has 0 atom stereocenters. The Morgan fingerprint density at radius 3 is 2.45 bits per heavy atom. The number of carboxylic acid groups (broad SMARTS) is 1. The topological polar surface area (TPSA) is 74.7 Å². The molecular weight excluding hydrogens is 292 g/mol. The van der Waals surface area contributed by atoms with E-state index in [1.807, 2.05) is 0 Å². The van der Waals surface area contributed by atoms with Crippen molar-refractivity contribution in [3.63, 3.8) is 0 Å². The number of benzene rings is 1. The second-order valence-electron chi connectivity index (χ2n) is 4.60. The van der Waals surface area contributed by atoms with Crippen molar-refractivity contribution in [3.05, 3.63) is 29.8 Å². The van der Waals surface area contributed by atoms with Crippen LogP contribution in [0.2, 0.25) is 0 Å². The Morgan fingerprint density at radius 2 is 2.00 bits per heavy atom. The van der Waals surface area contributed by atoms with E-state index in [1.54, 1.807) is 0 Å². The first-order chi connectivity index (χ1) is 9.32. The van der Waals surface area contributed by atoms with E-state index in [1.165, 1.54) is 0 Å². The van der Waals surface area contributed by atoms with Crippen LogP contribution in [0.3, 0.4) is 0 Å². The van der Waals surface area contributed by atoms with Crippen LogP contribution in [-0.2, 0) is 14.8 Å². The predicted octanol–water partition coefficient (Wildman–Crippen LogP) is 1.59. The van der Waals surface area contributed by atoms with Gasteiger partial charge in [-0.1, -0.05) is 6.42 Å².